The molecule has 0 aliphatic carbocycles. The number of anilines is 1. The minimum atomic E-state index is -0.301. The first-order chi connectivity index (χ1) is 10.2. The summed E-state index contributed by atoms with van der Waals surface area (Å²) in [7, 11) is 0. The number of pyridine rings is 1. The molecule has 5 heteroatoms. The van der Waals surface area contributed by atoms with Gasteiger partial charge in [-0.05, 0) is 30.2 Å². The lowest BCUT2D eigenvalue weighted by atomic mass is 10.1. The highest BCUT2D eigenvalue weighted by atomic mass is 35.5. The monoisotopic (exact) mass is 299 g/mol. The van der Waals surface area contributed by atoms with Gasteiger partial charge in [0.05, 0.1) is 10.5 Å². The number of carbonyl (C=O) groups is 1. The fraction of sp³-hybridized carbons (Fsp3) is 0.125. The van der Waals surface area contributed by atoms with E-state index in [-0.39, 0.29) is 11.6 Å². The van der Waals surface area contributed by atoms with Crippen molar-refractivity contribution in [1.29, 1.82) is 0 Å². The average Bonchev–Trinajstić information content (AvgIpc) is 2.85. The molecule has 0 aliphatic rings. The molecule has 1 amide bonds. The van der Waals surface area contributed by atoms with Gasteiger partial charge in [0, 0.05) is 11.9 Å². The van der Waals surface area contributed by atoms with Gasteiger partial charge in [-0.15, -0.1) is 0 Å². The summed E-state index contributed by atoms with van der Waals surface area (Å²) in [5.74, 6) is -0.301. The van der Waals surface area contributed by atoms with E-state index >= 15 is 0 Å². The maximum Gasteiger partial charge on any atom is 0.277 e. The van der Waals surface area contributed by atoms with Crippen LogP contribution in [0.5, 0.6) is 0 Å². The van der Waals surface area contributed by atoms with Crippen molar-refractivity contribution >= 4 is 28.7 Å². The molecule has 0 fully saturated rings. The first kappa shape index (κ1) is 13.6. The Morgan fingerprint density at radius 3 is 2.76 bits per heavy atom. The van der Waals surface area contributed by atoms with Crippen molar-refractivity contribution in [2.45, 2.75) is 13.3 Å². The fourth-order valence-electron chi connectivity index (χ4n) is 2.25. The van der Waals surface area contributed by atoms with Crippen LogP contribution in [-0.4, -0.2) is 15.5 Å². The van der Waals surface area contributed by atoms with Gasteiger partial charge in [-0.1, -0.05) is 42.8 Å². The van der Waals surface area contributed by atoms with Crippen LogP contribution in [0.3, 0.4) is 0 Å². The van der Waals surface area contributed by atoms with Crippen molar-refractivity contribution in [3.05, 3.63) is 64.9 Å². The summed E-state index contributed by atoms with van der Waals surface area (Å²) in [5, 5.41) is 7.48. The molecular formula is C16H14ClN3O. The quantitative estimate of drug-likeness (QED) is 0.799. The summed E-state index contributed by atoms with van der Waals surface area (Å²) in [5.41, 5.74) is 2.81. The molecule has 0 spiro atoms. The highest BCUT2D eigenvalue weighted by Gasteiger charge is 2.18. The molecule has 0 atom stereocenters. The average molecular weight is 300 g/mol. The minimum Gasteiger partial charge on any atom is -0.320 e. The van der Waals surface area contributed by atoms with Crippen LogP contribution in [0.4, 0.5) is 5.69 Å². The Labute approximate surface area is 127 Å². The third kappa shape index (κ3) is 2.50. The lowest BCUT2D eigenvalue weighted by molar-refractivity contribution is 0.102. The second-order valence-electron chi connectivity index (χ2n) is 4.66. The topological polar surface area (TPSA) is 46.4 Å². The Balaban J connectivity index is 1.96. The molecule has 0 saturated carbocycles. The molecule has 0 bridgehead atoms. The van der Waals surface area contributed by atoms with Crippen LogP contribution in [0, 0.1) is 0 Å². The molecule has 2 aromatic heterocycles. The van der Waals surface area contributed by atoms with Crippen molar-refractivity contribution in [2.24, 2.45) is 0 Å². The molecule has 3 aromatic rings. The van der Waals surface area contributed by atoms with Gasteiger partial charge < -0.3 is 5.32 Å². The molecule has 0 unspecified atom stereocenters. The molecule has 3 rings (SSSR count). The predicted octanol–water partition coefficient (Wildman–Crippen LogP) is 3.80. The molecule has 1 aromatic carbocycles. The van der Waals surface area contributed by atoms with Crippen LogP contribution in [0.1, 0.15) is 23.0 Å². The van der Waals surface area contributed by atoms with Crippen LogP contribution in [0.25, 0.3) is 5.52 Å². The number of hydrogen-bond donors (Lipinski definition) is 1. The lowest BCUT2D eigenvalue weighted by Gasteiger charge is -2.08. The standard InChI is InChI=1S/C16H14ClN3O/c1-2-11-7-3-4-8-12(11)18-16(21)15-14(17)13-9-5-6-10-20(13)19-15/h3-10H,2H2,1H3,(H,18,21). The summed E-state index contributed by atoms with van der Waals surface area (Å²) < 4.78 is 1.60. The van der Waals surface area contributed by atoms with Crippen LogP contribution in [0.2, 0.25) is 5.02 Å². The van der Waals surface area contributed by atoms with E-state index in [2.05, 4.69) is 10.4 Å². The van der Waals surface area contributed by atoms with E-state index in [0.717, 1.165) is 17.7 Å². The van der Waals surface area contributed by atoms with Crippen molar-refractivity contribution < 1.29 is 4.79 Å². The van der Waals surface area contributed by atoms with Crippen molar-refractivity contribution in [3.8, 4) is 0 Å². The zero-order valence-electron chi connectivity index (χ0n) is 11.5. The number of benzene rings is 1. The second kappa shape index (κ2) is 5.58. The molecule has 1 N–H and O–H groups in total. The number of hydrogen-bond acceptors (Lipinski definition) is 2. The third-order valence-corrected chi connectivity index (χ3v) is 3.71. The van der Waals surface area contributed by atoms with Crippen molar-refractivity contribution in [3.63, 3.8) is 0 Å². The van der Waals surface area contributed by atoms with Crippen molar-refractivity contribution in [2.75, 3.05) is 5.32 Å². The van der Waals surface area contributed by atoms with E-state index in [1.807, 2.05) is 49.4 Å². The van der Waals surface area contributed by atoms with Gasteiger partial charge in [0.1, 0.15) is 0 Å². The van der Waals surface area contributed by atoms with E-state index < -0.39 is 0 Å². The number of halogens is 1. The highest BCUT2D eigenvalue weighted by Crippen LogP contribution is 2.23. The fourth-order valence-corrected chi connectivity index (χ4v) is 2.52. The molecule has 21 heavy (non-hydrogen) atoms. The largest absolute Gasteiger partial charge is 0.320 e. The Bertz CT molecular complexity index is 810. The number of nitrogens with zero attached hydrogens (tertiary/aromatic N) is 2. The first-order valence-corrected chi connectivity index (χ1v) is 7.10. The third-order valence-electron chi connectivity index (χ3n) is 3.34. The van der Waals surface area contributed by atoms with E-state index in [0.29, 0.717) is 10.5 Å². The van der Waals surface area contributed by atoms with Gasteiger partial charge in [0.15, 0.2) is 5.69 Å². The summed E-state index contributed by atoms with van der Waals surface area (Å²) in [6, 6.07) is 13.2. The number of nitrogens with one attached hydrogen (secondary N) is 1. The van der Waals surface area contributed by atoms with E-state index in [4.69, 9.17) is 11.6 Å². The molecule has 4 nitrogen and oxygen atoms in total. The smallest absolute Gasteiger partial charge is 0.277 e. The molecule has 0 saturated heterocycles. The Morgan fingerprint density at radius 1 is 1.24 bits per heavy atom. The normalized spacial score (nSPS) is 10.8. The summed E-state index contributed by atoms with van der Waals surface area (Å²) >= 11 is 6.25. The van der Waals surface area contributed by atoms with E-state index in [1.165, 1.54) is 0 Å². The Kier molecular flexibility index (Phi) is 3.62. The van der Waals surface area contributed by atoms with Crippen LogP contribution >= 0.6 is 11.6 Å². The highest BCUT2D eigenvalue weighted by molar-refractivity contribution is 6.37. The van der Waals surface area contributed by atoms with Gasteiger partial charge >= 0.3 is 0 Å². The maximum atomic E-state index is 12.4. The first-order valence-electron chi connectivity index (χ1n) is 6.73. The minimum absolute atomic E-state index is 0.230. The zero-order chi connectivity index (χ0) is 14.8. The van der Waals surface area contributed by atoms with Crippen LogP contribution < -0.4 is 5.32 Å². The van der Waals surface area contributed by atoms with Gasteiger partial charge in [-0.25, -0.2) is 4.52 Å². The van der Waals surface area contributed by atoms with E-state index in [9.17, 15) is 4.79 Å². The maximum absolute atomic E-state index is 12.4. The van der Waals surface area contributed by atoms with Crippen LogP contribution in [-0.2, 0) is 6.42 Å². The predicted molar refractivity (Wildman–Crippen MR) is 84.0 cm³/mol. The Morgan fingerprint density at radius 2 is 2.00 bits per heavy atom. The lowest BCUT2D eigenvalue weighted by Crippen LogP contribution is -2.14. The number of rotatable bonds is 3. The number of amides is 1. The summed E-state index contributed by atoms with van der Waals surface area (Å²) in [4.78, 5) is 12.4. The summed E-state index contributed by atoms with van der Waals surface area (Å²) in [6.07, 6.45) is 2.60. The SMILES string of the molecule is CCc1ccccc1NC(=O)c1nn2ccccc2c1Cl. The zero-order valence-corrected chi connectivity index (χ0v) is 12.3. The van der Waals surface area contributed by atoms with Gasteiger partial charge in [-0.2, -0.15) is 5.10 Å². The molecular weight excluding hydrogens is 286 g/mol. The second-order valence-corrected chi connectivity index (χ2v) is 5.04. The number of para-hydroxylation sites is 1. The van der Waals surface area contributed by atoms with E-state index in [1.54, 1.807) is 10.7 Å². The molecule has 0 radical (unpaired) electrons. The molecule has 0 aliphatic heterocycles. The molecule has 2 heterocycles. The molecule has 106 valence electrons. The van der Waals surface area contributed by atoms with Gasteiger partial charge in [0.2, 0.25) is 0 Å². The van der Waals surface area contributed by atoms with Gasteiger partial charge in [-0.3, -0.25) is 4.79 Å². The van der Waals surface area contributed by atoms with Crippen molar-refractivity contribution in [1.82, 2.24) is 9.61 Å². The number of carbonyl (C=O) groups excluding carboxylic acids is 1. The van der Waals surface area contributed by atoms with Crippen LogP contribution in [0.15, 0.2) is 48.7 Å². The van der Waals surface area contributed by atoms with Gasteiger partial charge in [0.25, 0.3) is 5.91 Å². The Hall–Kier alpha value is -2.33. The summed E-state index contributed by atoms with van der Waals surface area (Å²) in [6.45, 7) is 2.04. The number of aromatic nitrogens is 2. The number of fused-ring (bicyclic) bond motifs is 1. The number of aryl methyl sites for hydroxylation is 1.